The number of amides is 1. The second kappa shape index (κ2) is 6.93. The molecule has 0 aliphatic carbocycles. The first kappa shape index (κ1) is 14.4. The van der Waals surface area contributed by atoms with Gasteiger partial charge in [-0.3, -0.25) is 9.69 Å². The van der Waals surface area contributed by atoms with E-state index in [1.807, 2.05) is 14.1 Å². The first-order valence-electron chi connectivity index (χ1n) is 6.28. The van der Waals surface area contributed by atoms with Crippen molar-refractivity contribution < 1.29 is 9.53 Å². The van der Waals surface area contributed by atoms with E-state index in [2.05, 4.69) is 17.1 Å². The third-order valence-electron chi connectivity index (χ3n) is 3.31. The van der Waals surface area contributed by atoms with Gasteiger partial charge in [-0.05, 0) is 6.42 Å². The highest BCUT2D eigenvalue weighted by molar-refractivity contribution is 5.81. The van der Waals surface area contributed by atoms with E-state index in [1.165, 1.54) is 0 Å². The van der Waals surface area contributed by atoms with Crippen molar-refractivity contribution >= 4 is 5.91 Å². The molecular weight excluding hydrogens is 218 g/mol. The number of rotatable bonds is 5. The Labute approximate surface area is 104 Å². The van der Waals surface area contributed by atoms with Gasteiger partial charge in [0, 0.05) is 46.9 Å². The Morgan fingerprint density at radius 1 is 1.59 bits per heavy atom. The number of nitrogens with zero attached hydrogens (tertiary/aromatic N) is 2. The van der Waals surface area contributed by atoms with Crippen LogP contribution in [0, 0.1) is 0 Å². The fraction of sp³-hybridized carbons (Fsp3) is 0.917. The quantitative estimate of drug-likeness (QED) is 0.725. The second-order valence-electron chi connectivity index (χ2n) is 4.71. The number of carbonyl (C=O) groups excluding carboxylic acids is 1. The van der Waals surface area contributed by atoms with E-state index in [1.54, 1.807) is 12.0 Å². The molecule has 0 saturated carbocycles. The van der Waals surface area contributed by atoms with Crippen molar-refractivity contribution in [3.63, 3.8) is 0 Å². The summed E-state index contributed by atoms with van der Waals surface area (Å²) in [4.78, 5) is 16.1. The molecule has 1 N–H and O–H groups in total. The van der Waals surface area contributed by atoms with Crippen LogP contribution in [0.1, 0.15) is 13.3 Å². The predicted octanol–water partition coefficient (Wildman–Crippen LogP) is -0.227. The minimum atomic E-state index is -0.0566. The average molecular weight is 243 g/mol. The van der Waals surface area contributed by atoms with Crippen LogP contribution in [-0.2, 0) is 9.53 Å². The van der Waals surface area contributed by atoms with Crippen molar-refractivity contribution in [1.82, 2.24) is 15.1 Å². The molecular formula is C12H25N3O2. The molecule has 1 saturated heterocycles. The van der Waals surface area contributed by atoms with Crippen molar-refractivity contribution in [2.75, 3.05) is 47.4 Å². The molecule has 0 spiro atoms. The van der Waals surface area contributed by atoms with Crippen molar-refractivity contribution in [2.24, 2.45) is 0 Å². The highest BCUT2D eigenvalue weighted by Crippen LogP contribution is 2.13. The predicted molar refractivity (Wildman–Crippen MR) is 68.0 cm³/mol. The zero-order chi connectivity index (χ0) is 12.8. The number of hydrogen-bond acceptors (Lipinski definition) is 4. The molecule has 1 amide bonds. The van der Waals surface area contributed by atoms with Gasteiger partial charge in [-0.2, -0.15) is 0 Å². The van der Waals surface area contributed by atoms with Crippen LogP contribution < -0.4 is 5.32 Å². The monoisotopic (exact) mass is 243 g/mol. The van der Waals surface area contributed by atoms with Crippen LogP contribution in [-0.4, -0.2) is 75.2 Å². The highest BCUT2D eigenvalue weighted by atomic mass is 16.5. The Hall–Kier alpha value is -0.650. The Morgan fingerprint density at radius 3 is 2.82 bits per heavy atom. The van der Waals surface area contributed by atoms with Crippen molar-refractivity contribution in [2.45, 2.75) is 25.4 Å². The van der Waals surface area contributed by atoms with Crippen LogP contribution in [0.2, 0.25) is 0 Å². The highest BCUT2D eigenvalue weighted by Gasteiger charge is 2.33. The molecule has 0 aromatic heterocycles. The maximum absolute atomic E-state index is 12.1. The average Bonchev–Trinajstić information content (AvgIpc) is 2.35. The van der Waals surface area contributed by atoms with E-state index in [0.717, 1.165) is 26.1 Å². The largest absolute Gasteiger partial charge is 0.383 e. The number of piperazine rings is 1. The van der Waals surface area contributed by atoms with Crippen LogP contribution in [0.25, 0.3) is 0 Å². The summed E-state index contributed by atoms with van der Waals surface area (Å²) >= 11 is 0. The normalized spacial score (nSPS) is 23.4. The lowest BCUT2D eigenvalue weighted by molar-refractivity contribution is -0.136. The molecule has 5 heteroatoms. The Balaban J connectivity index is 2.73. The SMILES string of the molecule is CCC(COC)N1CCNCC1C(=O)N(C)C. The van der Waals surface area contributed by atoms with Gasteiger partial charge in [0.25, 0.3) is 0 Å². The van der Waals surface area contributed by atoms with E-state index in [0.29, 0.717) is 12.6 Å². The summed E-state index contributed by atoms with van der Waals surface area (Å²) in [6, 6.07) is 0.273. The number of carbonyl (C=O) groups is 1. The van der Waals surface area contributed by atoms with Gasteiger partial charge in [-0.25, -0.2) is 0 Å². The smallest absolute Gasteiger partial charge is 0.240 e. The fourth-order valence-electron chi connectivity index (χ4n) is 2.32. The molecule has 0 bridgehead atoms. The minimum Gasteiger partial charge on any atom is -0.383 e. The molecule has 1 heterocycles. The van der Waals surface area contributed by atoms with Gasteiger partial charge in [0.15, 0.2) is 0 Å². The van der Waals surface area contributed by atoms with E-state index < -0.39 is 0 Å². The molecule has 100 valence electrons. The third-order valence-corrected chi connectivity index (χ3v) is 3.31. The van der Waals surface area contributed by atoms with Gasteiger partial charge in [0.2, 0.25) is 5.91 Å². The van der Waals surface area contributed by atoms with Gasteiger partial charge in [-0.1, -0.05) is 6.92 Å². The zero-order valence-electron chi connectivity index (χ0n) is 11.4. The Kier molecular flexibility index (Phi) is 5.88. The molecule has 1 aliphatic heterocycles. The summed E-state index contributed by atoms with van der Waals surface area (Å²) in [5, 5.41) is 3.29. The number of likely N-dealkylation sites (N-methyl/N-ethyl adjacent to an activating group) is 1. The summed E-state index contributed by atoms with van der Waals surface area (Å²) in [7, 11) is 5.34. The molecule has 17 heavy (non-hydrogen) atoms. The van der Waals surface area contributed by atoms with Crippen LogP contribution >= 0.6 is 0 Å². The van der Waals surface area contributed by atoms with Gasteiger partial charge >= 0.3 is 0 Å². The van der Waals surface area contributed by atoms with E-state index in [-0.39, 0.29) is 11.9 Å². The second-order valence-corrected chi connectivity index (χ2v) is 4.71. The Morgan fingerprint density at radius 2 is 2.29 bits per heavy atom. The molecule has 2 unspecified atom stereocenters. The lowest BCUT2D eigenvalue weighted by atomic mass is 10.1. The molecule has 2 atom stereocenters. The van der Waals surface area contributed by atoms with Crippen molar-refractivity contribution in [3.8, 4) is 0 Å². The van der Waals surface area contributed by atoms with E-state index in [9.17, 15) is 4.79 Å². The van der Waals surface area contributed by atoms with Crippen molar-refractivity contribution in [1.29, 1.82) is 0 Å². The van der Waals surface area contributed by atoms with Gasteiger partial charge < -0.3 is 15.0 Å². The number of ether oxygens (including phenoxy) is 1. The van der Waals surface area contributed by atoms with Crippen LogP contribution in [0.15, 0.2) is 0 Å². The summed E-state index contributed by atoms with van der Waals surface area (Å²) in [6.45, 7) is 5.41. The van der Waals surface area contributed by atoms with Crippen LogP contribution in [0.5, 0.6) is 0 Å². The van der Waals surface area contributed by atoms with Crippen LogP contribution in [0.3, 0.4) is 0 Å². The summed E-state index contributed by atoms with van der Waals surface area (Å²) in [5.41, 5.74) is 0. The molecule has 0 aromatic rings. The van der Waals surface area contributed by atoms with Gasteiger partial charge in [-0.15, -0.1) is 0 Å². The van der Waals surface area contributed by atoms with Crippen LogP contribution in [0.4, 0.5) is 0 Å². The summed E-state index contributed by atoms with van der Waals surface area (Å²) < 4.78 is 5.25. The van der Waals surface area contributed by atoms with E-state index >= 15 is 0 Å². The lowest BCUT2D eigenvalue weighted by Crippen LogP contribution is -2.61. The maximum atomic E-state index is 12.1. The van der Waals surface area contributed by atoms with Gasteiger partial charge in [0.05, 0.1) is 6.61 Å². The molecule has 5 nitrogen and oxygen atoms in total. The zero-order valence-corrected chi connectivity index (χ0v) is 11.4. The molecule has 1 aliphatic rings. The number of nitrogens with one attached hydrogen (secondary N) is 1. The molecule has 0 radical (unpaired) electrons. The minimum absolute atomic E-state index is 0.0566. The topological polar surface area (TPSA) is 44.8 Å². The number of methoxy groups -OCH3 is 1. The van der Waals surface area contributed by atoms with Crippen molar-refractivity contribution in [3.05, 3.63) is 0 Å². The number of hydrogen-bond donors (Lipinski definition) is 1. The Bertz CT molecular complexity index is 246. The lowest BCUT2D eigenvalue weighted by Gasteiger charge is -2.41. The molecule has 1 rings (SSSR count). The first-order chi connectivity index (χ1) is 8.11. The van der Waals surface area contributed by atoms with E-state index in [4.69, 9.17) is 4.74 Å². The summed E-state index contributed by atoms with van der Waals surface area (Å²) in [6.07, 6.45) is 1.01. The first-order valence-corrected chi connectivity index (χ1v) is 6.28. The maximum Gasteiger partial charge on any atom is 0.240 e. The van der Waals surface area contributed by atoms with Gasteiger partial charge in [0.1, 0.15) is 6.04 Å². The fourth-order valence-corrected chi connectivity index (χ4v) is 2.32. The third kappa shape index (κ3) is 3.66. The molecule has 0 aromatic carbocycles. The standard InChI is InChI=1S/C12H25N3O2/c1-5-10(9-17-4)15-7-6-13-8-11(15)12(16)14(2)3/h10-11,13H,5-9H2,1-4H3. The summed E-state index contributed by atoms with van der Waals surface area (Å²) in [5.74, 6) is 0.173. The molecule has 1 fully saturated rings.